The fourth-order valence-corrected chi connectivity index (χ4v) is 4.33. The van der Waals surface area contributed by atoms with E-state index in [1.54, 1.807) is 17.2 Å². The Morgan fingerprint density at radius 2 is 2.00 bits per heavy atom. The molecular formula is C31H38FN7O2. The summed E-state index contributed by atoms with van der Waals surface area (Å²) >= 11 is 0. The first kappa shape index (κ1) is 29.7. The van der Waals surface area contributed by atoms with Crippen molar-refractivity contribution in [3.8, 4) is 11.5 Å². The monoisotopic (exact) mass is 559 g/mol. The van der Waals surface area contributed by atoms with Gasteiger partial charge in [-0.05, 0) is 43.8 Å². The van der Waals surface area contributed by atoms with Crippen LogP contribution in [-0.2, 0) is 13.1 Å². The van der Waals surface area contributed by atoms with Gasteiger partial charge in [0.15, 0.2) is 0 Å². The van der Waals surface area contributed by atoms with Crippen molar-refractivity contribution in [1.29, 1.82) is 0 Å². The molecule has 6 bridgehead atoms. The first-order valence-electron chi connectivity index (χ1n) is 14.1. The molecule has 1 N–H and O–H groups in total. The normalized spacial score (nSPS) is 16.3. The number of ether oxygens (including phenoxy) is 2. The van der Waals surface area contributed by atoms with E-state index in [9.17, 15) is 4.39 Å². The van der Waals surface area contributed by atoms with Crippen LogP contribution >= 0.6 is 0 Å². The molecule has 0 saturated heterocycles. The molecule has 5 rings (SSSR count). The van der Waals surface area contributed by atoms with Crippen LogP contribution < -0.4 is 14.8 Å². The van der Waals surface area contributed by atoms with Gasteiger partial charge in [-0.15, -0.1) is 0 Å². The second-order valence-corrected chi connectivity index (χ2v) is 9.39. The molecule has 216 valence electrons. The first-order chi connectivity index (χ1) is 20.1. The number of hydrogen-bond donors (Lipinski definition) is 1. The van der Waals surface area contributed by atoms with Gasteiger partial charge < -0.3 is 14.8 Å². The molecule has 41 heavy (non-hydrogen) atoms. The minimum atomic E-state index is -0.363. The van der Waals surface area contributed by atoms with Crippen LogP contribution in [0.25, 0.3) is 0 Å². The van der Waals surface area contributed by atoms with Crippen molar-refractivity contribution in [3.63, 3.8) is 0 Å². The Morgan fingerprint density at radius 1 is 1.10 bits per heavy atom. The van der Waals surface area contributed by atoms with Gasteiger partial charge in [0.1, 0.15) is 30.0 Å². The first-order valence-corrected chi connectivity index (χ1v) is 14.1. The molecule has 2 aliphatic rings. The highest BCUT2D eigenvalue weighted by Gasteiger charge is 2.13. The summed E-state index contributed by atoms with van der Waals surface area (Å²) in [6, 6.07) is 10.7. The molecule has 2 aromatic carbocycles. The number of aryl methyl sites for hydroxylation is 1. The largest absolute Gasteiger partial charge is 0.493 e. The van der Waals surface area contributed by atoms with Gasteiger partial charge in [-0.25, -0.2) is 19.4 Å². The number of allylic oxidation sites excluding steroid dienone is 1. The quantitative estimate of drug-likeness (QED) is 0.311. The summed E-state index contributed by atoms with van der Waals surface area (Å²) in [5, 5.41) is 7.47. The van der Waals surface area contributed by atoms with Crippen LogP contribution in [0, 0.1) is 5.82 Å². The van der Waals surface area contributed by atoms with Gasteiger partial charge in [-0.2, -0.15) is 5.10 Å². The molecule has 0 fully saturated rings. The highest BCUT2D eigenvalue weighted by Crippen LogP contribution is 2.26. The van der Waals surface area contributed by atoms with Crippen LogP contribution in [0.2, 0.25) is 0 Å². The number of benzene rings is 2. The Hall–Kier alpha value is -4.31. The van der Waals surface area contributed by atoms with E-state index in [4.69, 9.17) is 14.5 Å². The lowest BCUT2D eigenvalue weighted by atomic mass is 10.1. The lowest BCUT2D eigenvalue weighted by Gasteiger charge is -2.19. The van der Waals surface area contributed by atoms with E-state index in [1.807, 2.05) is 38.1 Å². The Balaban J connectivity index is 0.00000189. The molecule has 10 heteroatoms. The highest BCUT2D eigenvalue weighted by molar-refractivity contribution is 6.11. The molecule has 3 heterocycles. The number of rotatable bonds is 5. The van der Waals surface area contributed by atoms with E-state index >= 15 is 0 Å². The van der Waals surface area contributed by atoms with Crippen LogP contribution in [-0.4, -0.2) is 58.1 Å². The predicted molar refractivity (Wildman–Crippen MR) is 161 cm³/mol. The Bertz CT molecular complexity index is 1380. The smallest absolute Gasteiger partial charge is 0.227 e. The second-order valence-electron chi connectivity index (χ2n) is 9.39. The Kier molecular flexibility index (Phi) is 11.2. The molecule has 0 atom stereocenters. The number of aliphatic imine (C=N–C) groups is 2. The van der Waals surface area contributed by atoms with Crippen LogP contribution in [0.5, 0.6) is 11.5 Å². The van der Waals surface area contributed by atoms with Crippen molar-refractivity contribution in [2.24, 2.45) is 9.98 Å². The lowest BCUT2D eigenvalue weighted by Crippen LogP contribution is -2.19. The summed E-state index contributed by atoms with van der Waals surface area (Å²) in [6.45, 7) is 7.21. The average molecular weight is 560 g/mol. The number of anilines is 1. The van der Waals surface area contributed by atoms with E-state index < -0.39 is 0 Å². The zero-order valence-electron chi connectivity index (χ0n) is 24.0. The van der Waals surface area contributed by atoms with Gasteiger partial charge in [0.2, 0.25) is 5.96 Å². The molecule has 1 aromatic heterocycles. The third kappa shape index (κ3) is 9.11. The van der Waals surface area contributed by atoms with Gasteiger partial charge in [-0.1, -0.05) is 32.1 Å². The van der Waals surface area contributed by atoms with E-state index in [0.29, 0.717) is 49.2 Å². The van der Waals surface area contributed by atoms with Gasteiger partial charge in [0, 0.05) is 61.6 Å². The maximum absolute atomic E-state index is 14.4. The molecule has 3 aromatic rings. The number of aromatic nitrogens is 3. The molecule has 0 aliphatic carbocycles. The topological polar surface area (TPSA) is 89.2 Å². The third-order valence-electron chi connectivity index (χ3n) is 6.21. The Morgan fingerprint density at radius 3 is 2.85 bits per heavy atom. The van der Waals surface area contributed by atoms with Crippen molar-refractivity contribution in [2.75, 3.05) is 32.1 Å². The SMILES string of the molecule is CC.CN1C/C=C/CCOc2cc(F)cc(c2)C2=NC(=NC=CC2)Nc2ccc(OCCCn3cncn3)c(c2)C1. The van der Waals surface area contributed by atoms with Gasteiger partial charge in [-0.3, -0.25) is 9.58 Å². The minimum absolute atomic E-state index is 0.363. The van der Waals surface area contributed by atoms with E-state index in [-0.39, 0.29) is 5.82 Å². The van der Waals surface area contributed by atoms with Crippen LogP contribution in [0.3, 0.4) is 0 Å². The molecule has 9 nitrogen and oxygen atoms in total. The van der Waals surface area contributed by atoms with Gasteiger partial charge in [0.25, 0.3) is 0 Å². The molecule has 2 aliphatic heterocycles. The van der Waals surface area contributed by atoms with Crippen molar-refractivity contribution >= 4 is 17.4 Å². The summed E-state index contributed by atoms with van der Waals surface area (Å²) in [5.74, 6) is 1.38. The maximum atomic E-state index is 14.4. The summed E-state index contributed by atoms with van der Waals surface area (Å²) in [7, 11) is 2.07. The summed E-state index contributed by atoms with van der Waals surface area (Å²) < 4.78 is 28.3. The zero-order chi connectivity index (χ0) is 28.9. The van der Waals surface area contributed by atoms with E-state index in [0.717, 1.165) is 42.9 Å². The molecule has 0 unspecified atom stereocenters. The number of fused-ring (bicyclic) bond motifs is 6. The number of nitrogens with one attached hydrogen (secondary N) is 1. The standard InChI is InChI=1S/C29H32FN7O2.C2H6/c1-36-11-3-2-4-13-38-26-17-22(15-24(30)18-26)27-7-5-10-32-29(35-27)34-25-8-9-28(23(16-25)19-36)39-14-6-12-37-21-31-20-33-37;1-2/h2-3,5,8-10,15-18,20-21H,4,6-7,11-14,19H2,1H3,(H,32,34);1-2H3/b3-2+;. The van der Waals surface area contributed by atoms with Crippen LogP contribution in [0.1, 0.15) is 44.2 Å². The Labute approximate surface area is 241 Å². The zero-order valence-corrected chi connectivity index (χ0v) is 24.0. The molecular weight excluding hydrogens is 521 g/mol. The van der Waals surface area contributed by atoms with Crippen molar-refractivity contribution < 1.29 is 13.9 Å². The van der Waals surface area contributed by atoms with Crippen LogP contribution in [0.4, 0.5) is 10.1 Å². The van der Waals surface area contributed by atoms with Crippen molar-refractivity contribution in [2.45, 2.75) is 46.2 Å². The molecule has 0 amide bonds. The van der Waals surface area contributed by atoms with E-state index in [2.05, 4.69) is 50.6 Å². The average Bonchev–Trinajstić information content (AvgIpc) is 3.38. The number of nitrogens with zero attached hydrogens (tertiary/aromatic N) is 6. The van der Waals surface area contributed by atoms with Gasteiger partial charge in [0.05, 0.1) is 18.9 Å². The molecule has 0 radical (unpaired) electrons. The third-order valence-corrected chi connectivity index (χ3v) is 6.21. The molecule has 0 saturated carbocycles. The van der Waals surface area contributed by atoms with E-state index in [1.165, 1.54) is 18.5 Å². The number of hydrogen-bond acceptors (Lipinski definition) is 8. The number of guanidine groups is 1. The van der Waals surface area contributed by atoms with Gasteiger partial charge >= 0.3 is 0 Å². The fourth-order valence-electron chi connectivity index (χ4n) is 4.33. The second kappa shape index (κ2) is 15.5. The summed E-state index contributed by atoms with van der Waals surface area (Å²) in [6.07, 6.45) is 13.1. The predicted octanol–water partition coefficient (Wildman–Crippen LogP) is 5.86. The van der Waals surface area contributed by atoms with Crippen LogP contribution in [0.15, 0.2) is 83.5 Å². The highest BCUT2D eigenvalue weighted by atomic mass is 19.1. The minimum Gasteiger partial charge on any atom is -0.493 e. The maximum Gasteiger partial charge on any atom is 0.227 e. The number of halogens is 1. The number of likely N-dealkylation sites (N-methyl/N-ethyl adjacent to an activating group) is 1. The lowest BCUT2D eigenvalue weighted by molar-refractivity contribution is 0.287. The van der Waals surface area contributed by atoms with Crippen molar-refractivity contribution in [3.05, 3.63) is 90.4 Å². The molecule has 0 spiro atoms. The summed E-state index contributed by atoms with van der Waals surface area (Å²) in [4.78, 5) is 15.4. The van der Waals surface area contributed by atoms with Crippen molar-refractivity contribution in [1.82, 2.24) is 19.7 Å². The summed E-state index contributed by atoms with van der Waals surface area (Å²) in [5.41, 5.74) is 3.25. The fraction of sp³-hybridized carbons (Fsp3) is 0.355.